The van der Waals surface area contributed by atoms with E-state index >= 15 is 0 Å². The topological polar surface area (TPSA) is 52.6 Å². The highest BCUT2D eigenvalue weighted by Crippen LogP contribution is 2.14. The van der Waals surface area contributed by atoms with Gasteiger partial charge >= 0.3 is 11.9 Å². The van der Waals surface area contributed by atoms with Crippen LogP contribution in [0, 0.1) is 0 Å². The lowest BCUT2D eigenvalue weighted by atomic mass is 10.1. The largest absolute Gasteiger partial charge is 0.466 e. The monoisotopic (exact) mass is 382 g/mol. The van der Waals surface area contributed by atoms with E-state index in [9.17, 15) is 9.59 Å². The normalized spacial score (nSPS) is 12.0. The lowest BCUT2D eigenvalue weighted by Crippen LogP contribution is -2.17. The molecule has 0 aliphatic carbocycles. The number of halogens is 2. The molecule has 0 aliphatic heterocycles. The first-order valence-electron chi connectivity index (χ1n) is 9.11. The van der Waals surface area contributed by atoms with Crippen molar-refractivity contribution in [2.24, 2.45) is 0 Å². The lowest BCUT2D eigenvalue weighted by Gasteiger charge is -2.15. The average molecular weight is 383 g/mol. The Hall–Kier alpha value is -0.480. The molecule has 0 radical (unpaired) electrons. The van der Waals surface area contributed by atoms with E-state index in [-0.39, 0.29) is 18.0 Å². The lowest BCUT2D eigenvalue weighted by molar-refractivity contribution is -0.149. The van der Waals surface area contributed by atoms with Crippen LogP contribution in [0.4, 0.5) is 0 Å². The molecule has 24 heavy (non-hydrogen) atoms. The summed E-state index contributed by atoms with van der Waals surface area (Å²) >= 11 is 11.0. The summed E-state index contributed by atoms with van der Waals surface area (Å²) < 4.78 is 10.4. The number of hydrogen-bond acceptors (Lipinski definition) is 4. The van der Waals surface area contributed by atoms with Gasteiger partial charge in [-0.3, -0.25) is 9.59 Å². The van der Waals surface area contributed by atoms with Crippen molar-refractivity contribution < 1.29 is 19.1 Å². The first kappa shape index (κ1) is 23.5. The van der Waals surface area contributed by atoms with Gasteiger partial charge in [-0.2, -0.15) is 0 Å². The molecule has 1 unspecified atom stereocenters. The number of carbonyl (C=O) groups is 2. The minimum absolute atomic E-state index is 0.0309. The Kier molecular flexibility index (Phi) is 17.0. The van der Waals surface area contributed by atoms with Crippen LogP contribution in [0.15, 0.2) is 0 Å². The van der Waals surface area contributed by atoms with Gasteiger partial charge in [0.1, 0.15) is 6.10 Å². The Morgan fingerprint density at radius 2 is 1.38 bits per heavy atom. The van der Waals surface area contributed by atoms with Crippen molar-refractivity contribution in [2.45, 2.75) is 83.7 Å². The summed E-state index contributed by atoms with van der Waals surface area (Å²) in [6.07, 6.45) is 10.2. The average Bonchev–Trinajstić information content (AvgIpc) is 2.55. The van der Waals surface area contributed by atoms with E-state index in [1.807, 2.05) is 6.92 Å². The number of ether oxygens (including phenoxy) is 2. The summed E-state index contributed by atoms with van der Waals surface area (Å²) in [6.45, 7) is 2.54. The summed E-state index contributed by atoms with van der Waals surface area (Å²) in [5, 5.41) is 0. The summed E-state index contributed by atoms with van der Waals surface area (Å²) in [4.78, 5) is 22.5. The Labute approximate surface area is 156 Å². The smallest absolute Gasteiger partial charge is 0.307 e. The van der Waals surface area contributed by atoms with Gasteiger partial charge in [-0.25, -0.2) is 0 Å². The number of hydrogen-bond donors (Lipinski definition) is 0. The van der Waals surface area contributed by atoms with Crippen molar-refractivity contribution >= 4 is 35.1 Å². The van der Waals surface area contributed by atoms with Gasteiger partial charge in [-0.05, 0) is 25.7 Å². The molecule has 0 bridgehead atoms. The fourth-order valence-electron chi connectivity index (χ4n) is 2.36. The molecule has 0 spiro atoms. The van der Waals surface area contributed by atoms with Crippen molar-refractivity contribution in [1.29, 1.82) is 0 Å². The molecule has 0 saturated carbocycles. The standard InChI is InChI=1S/C18H32Cl2O4/c1-2-16(24-18(22)12-14-20)10-8-6-4-3-5-7-9-15-23-17(21)11-13-19/h16H,2-15H2,1H3. The third-order valence-electron chi connectivity index (χ3n) is 3.78. The SMILES string of the molecule is CCC(CCCCCCCCCOC(=O)CCCl)OC(=O)CCCl. The molecule has 0 heterocycles. The zero-order valence-electron chi connectivity index (χ0n) is 14.9. The van der Waals surface area contributed by atoms with E-state index in [0.29, 0.717) is 31.2 Å². The van der Waals surface area contributed by atoms with E-state index in [4.69, 9.17) is 32.7 Å². The van der Waals surface area contributed by atoms with Gasteiger partial charge in [0, 0.05) is 11.8 Å². The fourth-order valence-corrected chi connectivity index (χ4v) is 2.67. The Morgan fingerprint density at radius 3 is 1.96 bits per heavy atom. The van der Waals surface area contributed by atoms with Gasteiger partial charge < -0.3 is 9.47 Å². The maximum atomic E-state index is 11.4. The molecule has 1 atom stereocenters. The van der Waals surface area contributed by atoms with Crippen molar-refractivity contribution in [3.8, 4) is 0 Å². The number of esters is 2. The Morgan fingerprint density at radius 1 is 0.833 bits per heavy atom. The van der Waals surface area contributed by atoms with Gasteiger partial charge in [0.2, 0.25) is 0 Å². The van der Waals surface area contributed by atoms with Crippen LogP contribution >= 0.6 is 23.2 Å². The van der Waals surface area contributed by atoms with Crippen LogP contribution in [-0.2, 0) is 19.1 Å². The molecule has 0 N–H and O–H groups in total. The molecule has 0 amide bonds. The molecule has 4 nitrogen and oxygen atoms in total. The van der Waals surface area contributed by atoms with Crippen molar-refractivity contribution in [2.75, 3.05) is 18.4 Å². The fraction of sp³-hybridized carbons (Fsp3) is 0.889. The maximum Gasteiger partial charge on any atom is 0.307 e. The van der Waals surface area contributed by atoms with Crippen LogP contribution in [0.5, 0.6) is 0 Å². The Balaban J connectivity index is 3.40. The number of rotatable bonds is 16. The van der Waals surface area contributed by atoms with Gasteiger partial charge in [0.25, 0.3) is 0 Å². The van der Waals surface area contributed by atoms with Gasteiger partial charge in [0.15, 0.2) is 0 Å². The zero-order chi connectivity index (χ0) is 18.0. The molecular weight excluding hydrogens is 351 g/mol. The minimum atomic E-state index is -0.206. The molecule has 0 rings (SSSR count). The van der Waals surface area contributed by atoms with E-state index < -0.39 is 0 Å². The highest BCUT2D eigenvalue weighted by molar-refractivity contribution is 6.19. The highest BCUT2D eigenvalue weighted by atomic mass is 35.5. The highest BCUT2D eigenvalue weighted by Gasteiger charge is 2.11. The quantitative estimate of drug-likeness (QED) is 0.208. The second-order valence-corrected chi connectivity index (χ2v) is 6.64. The van der Waals surface area contributed by atoms with Crippen LogP contribution in [0.3, 0.4) is 0 Å². The van der Waals surface area contributed by atoms with Crippen molar-refractivity contribution in [1.82, 2.24) is 0 Å². The van der Waals surface area contributed by atoms with E-state index in [1.165, 1.54) is 12.8 Å². The zero-order valence-corrected chi connectivity index (χ0v) is 16.4. The van der Waals surface area contributed by atoms with Gasteiger partial charge in [-0.1, -0.05) is 39.0 Å². The van der Waals surface area contributed by atoms with Crippen molar-refractivity contribution in [3.63, 3.8) is 0 Å². The Bertz CT molecular complexity index is 324. The molecule has 6 heteroatoms. The van der Waals surface area contributed by atoms with Crippen LogP contribution in [0.2, 0.25) is 0 Å². The summed E-state index contributed by atoms with van der Waals surface area (Å²) in [7, 11) is 0. The molecule has 0 aromatic heterocycles. The molecule has 0 fully saturated rings. The van der Waals surface area contributed by atoms with Crippen LogP contribution in [0.1, 0.15) is 77.6 Å². The molecule has 0 aromatic rings. The van der Waals surface area contributed by atoms with Crippen LogP contribution in [-0.4, -0.2) is 36.4 Å². The van der Waals surface area contributed by atoms with Crippen LogP contribution in [0.25, 0.3) is 0 Å². The minimum Gasteiger partial charge on any atom is -0.466 e. The third kappa shape index (κ3) is 15.1. The first-order valence-corrected chi connectivity index (χ1v) is 10.2. The molecule has 0 aromatic carbocycles. The van der Waals surface area contributed by atoms with E-state index in [0.717, 1.165) is 44.9 Å². The second kappa shape index (κ2) is 17.3. The van der Waals surface area contributed by atoms with Gasteiger partial charge in [0.05, 0.1) is 19.4 Å². The first-order chi connectivity index (χ1) is 11.6. The molecule has 0 saturated heterocycles. The summed E-state index contributed by atoms with van der Waals surface area (Å²) in [5.74, 6) is 0.246. The van der Waals surface area contributed by atoms with Gasteiger partial charge in [-0.15, -0.1) is 23.2 Å². The van der Waals surface area contributed by atoms with Crippen LogP contribution < -0.4 is 0 Å². The predicted molar refractivity (Wildman–Crippen MR) is 98.7 cm³/mol. The summed E-state index contributed by atoms with van der Waals surface area (Å²) in [5.41, 5.74) is 0. The maximum absolute atomic E-state index is 11.4. The molecule has 142 valence electrons. The molecular formula is C18H32Cl2O4. The third-order valence-corrected chi connectivity index (χ3v) is 4.16. The van der Waals surface area contributed by atoms with E-state index in [1.54, 1.807) is 0 Å². The number of alkyl halides is 2. The van der Waals surface area contributed by atoms with Crippen molar-refractivity contribution in [3.05, 3.63) is 0 Å². The number of carbonyl (C=O) groups excluding carboxylic acids is 2. The predicted octanol–water partition coefficient (Wildman–Crippen LogP) is 5.23. The second-order valence-electron chi connectivity index (χ2n) is 5.88. The molecule has 0 aliphatic rings. The number of unbranched alkanes of at least 4 members (excludes halogenated alkanes) is 6. The summed E-state index contributed by atoms with van der Waals surface area (Å²) in [6, 6.07) is 0. The van der Waals surface area contributed by atoms with E-state index in [2.05, 4.69) is 0 Å².